The van der Waals surface area contributed by atoms with Crippen LogP contribution in [0.1, 0.15) is 60.5 Å². The highest BCUT2D eigenvalue weighted by Crippen LogP contribution is 2.24. The third kappa shape index (κ3) is 8.03. The summed E-state index contributed by atoms with van der Waals surface area (Å²) in [5, 5.41) is 0. The Morgan fingerprint density at radius 3 is 2.08 bits per heavy atom. The quantitative estimate of drug-likeness (QED) is 0.623. The van der Waals surface area contributed by atoms with Gasteiger partial charge in [0, 0.05) is 5.92 Å². The van der Waals surface area contributed by atoms with E-state index in [2.05, 4.69) is 26.0 Å². The molecule has 0 aliphatic carbocycles. The minimum atomic E-state index is -0.549. The zero-order valence-corrected chi connectivity index (χ0v) is 17.2. The Morgan fingerprint density at radius 1 is 1.00 bits per heavy atom. The first-order valence-electron chi connectivity index (χ1n) is 9.46. The van der Waals surface area contributed by atoms with Crippen molar-refractivity contribution < 1.29 is 19.1 Å². The Bertz CT molecular complexity index is 572. The lowest BCUT2D eigenvalue weighted by Gasteiger charge is -2.28. The summed E-state index contributed by atoms with van der Waals surface area (Å²) < 4.78 is 11.0. The highest BCUT2D eigenvalue weighted by Gasteiger charge is 2.28. The Labute approximate surface area is 158 Å². The Balaban J connectivity index is 2.63. The van der Waals surface area contributed by atoms with Crippen LogP contribution in [0.5, 0.6) is 0 Å². The van der Waals surface area contributed by atoms with Gasteiger partial charge in [-0.2, -0.15) is 0 Å². The van der Waals surface area contributed by atoms with Gasteiger partial charge in [0.05, 0.1) is 12.3 Å². The molecule has 146 valence electrons. The number of esters is 2. The summed E-state index contributed by atoms with van der Waals surface area (Å²) in [6.07, 6.45) is 0.671. The molecule has 0 spiro atoms. The van der Waals surface area contributed by atoms with E-state index in [0.717, 1.165) is 6.42 Å². The fourth-order valence-corrected chi connectivity index (χ4v) is 2.93. The molecule has 0 bridgehead atoms. The van der Waals surface area contributed by atoms with Crippen molar-refractivity contribution in [1.29, 1.82) is 0 Å². The largest absolute Gasteiger partial charge is 0.462 e. The van der Waals surface area contributed by atoms with Crippen LogP contribution in [0.15, 0.2) is 30.3 Å². The van der Waals surface area contributed by atoms with Gasteiger partial charge in [0.1, 0.15) is 11.7 Å². The van der Waals surface area contributed by atoms with Crippen molar-refractivity contribution in [3.05, 3.63) is 35.9 Å². The van der Waals surface area contributed by atoms with Crippen molar-refractivity contribution in [3.8, 4) is 0 Å². The van der Waals surface area contributed by atoms with Crippen LogP contribution in [0, 0.1) is 17.8 Å². The van der Waals surface area contributed by atoms with Crippen molar-refractivity contribution in [2.45, 2.75) is 73.0 Å². The first-order chi connectivity index (χ1) is 12.0. The number of rotatable bonds is 8. The number of ether oxygens (including phenoxy) is 2. The maximum atomic E-state index is 12.4. The second kappa shape index (κ2) is 9.75. The minimum Gasteiger partial charge on any atom is -0.462 e. The van der Waals surface area contributed by atoms with Crippen molar-refractivity contribution in [2.24, 2.45) is 17.8 Å². The number of benzene rings is 1. The molecular formula is C22H34O4. The molecule has 0 saturated carbocycles. The molecule has 1 aromatic carbocycles. The lowest BCUT2D eigenvalue weighted by atomic mass is 9.85. The topological polar surface area (TPSA) is 52.6 Å². The summed E-state index contributed by atoms with van der Waals surface area (Å²) in [5.41, 5.74) is 0.683. The molecule has 0 heterocycles. The molecule has 0 unspecified atom stereocenters. The molecule has 0 aliphatic heterocycles. The first-order valence-corrected chi connectivity index (χ1v) is 9.46. The molecule has 0 aliphatic rings. The number of hydrogen-bond donors (Lipinski definition) is 0. The minimum absolute atomic E-state index is 0.0356. The summed E-state index contributed by atoms with van der Waals surface area (Å²) in [7, 11) is 0. The van der Waals surface area contributed by atoms with E-state index in [9.17, 15) is 9.59 Å². The van der Waals surface area contributed by atoms with Gasteiger partial charge < -0.3 is 9.47 Å². The first kappa shape index (κ1) is 22.2. The molecule has 0 amide bonds. The van der Waals surface area contributed by atoms with Crippen LogP contribution in [-0.4, -0.2) is 23.6 Å². The predicted molar refractivity (Wildman–Crippen MR) is 104 cm³/mol. The van der Waals surface area contributed by atoms with E-state index < -0.39 is 11.5 Å². The second-order valence-corrected chi connectivity index (χ2v) is 8.43. The number of carbonyl (C=O) groups excluding carboxylic acids is 2. The molecule has 1 rings (SSSR count). The van der Waals surface area contributed by atoms with E-state index in [1.807, 2.05) is 45.9 Å². The van der Waals surface area contributed by atoms with E-state index in [1.54, 1.807) is 6.92 Å². The molecule has 0 radical (unpaired) electrons. The molecule has 0 saturated heterocycles. The van der Waals surface area contributed by atoms with Crippen LogP contribution in [0.4, 0.5) is 0 Å². The molecule has 3 atom stereocenters. The molecule has 1 aromatic rings. The van der Waals surface area contributed by atoms with Crippen molar-refractivity contribution in [3.63, 3.8) is 0 Å². The van der Waals surface area contributed by atoms with Gasteiger partial charge in [0.25, 0.3) is 0 Å². The molecule has 4 nitrogen and oxygen atoms in total. The van der Waals surface area contributed by atoms with Gasteiger partial charge in [-0.3, -0.25) is 9.59 Å². The van der Waals surface area contributed by atoms with E-state index in [0.29, 0.717) is 5.92 Å². The third-order valence-electron chi connectivity index (χ3n) is 4.37. The van der Waals surface area contributed by atoms with Crippen LogP contribution in [0.25, 0.3) is 0 Å². The normalized spacial score (nSPS) is 15.2. The molecule has 0 fully saturated rings. The summed E-state index contributed by atoms with van der Waals surface area (Å²) in [6.45, 7) is 13.4. The van der Waals surface area contributed by atoms with E-state index in [-0.39, 0.29) is 30.4 Å². The van der Waals surface area contributed by atoms with Gasteiger partial charge in [0.2, 0.25) is 0 Å². The zero-order valence-electron chi connectivity index (χ0n) is 17.2. The third-order valence-corrected chi connectivity index (χ3v) is 4.37. The van der Waals surface area contributed by atoms with Crippen LogP contribution >= 0.6 is 0 Å². The van der Waals surface area contributed by atoms with Crippen molar-refractivity contribution >= 4 is 11.9 Å². The lowest BCUT2D eigenvalue weighted by Crippen LogP contribution is -2.32. The van der Waals surface area contributed by atoms with Gasteiger partial charge in [-0.05, 0) is 45.6 Å². The van der Waals surface area contributed by atoms with Gasteiger partial charge in [-0.1, -0.05) is 51.1 Å². The Morgan fingerprint density at radius 2 is 1.58 bits per heavy atom. The van der Waals surface area contributed by atoms with Crippen LogP contribution < -0.4 is 0 Å². The summed E-state index contributed by atoms with van der Waals surface area (Å²) >= 11 is 0. The van der Waals surface area contributed by atoms with Crippen molar-refractivity contribution in [1.82, 2.24) is 0 Å². The summed E-state index contributed by atoms with van der Waals surface area (Å²) in [5.74, 6) is -0.646. The van der Waals surface area contributed by atoms with Gasteiger partial charge in [-0.25, -0.2) is 0 Å². The Kier molecular flexibility index (Phi) is 8.32. The second-order valence-electron chi connectivity index (χ2n) is 8.43. The standard InChI is InChI=1S/C22H34O4/c1-15(2)19(14-18-11-9-8-10-12-18)17(4)25-21(24)16(3)13-20(23)26-22(5,6)7/h8-12,15-17,19H,13-14H2,1-7H3/t16-,17+,19-/m1/s1. The van der Waals surface area contributed by atoms with Gasteiger partial charge in [0.15, 0.2) is 0 Å². The predicted octanol–water partition coefficient (Wildman–Crippen LogP) is 4.80. The molecule has 26 heavy (non-hydrogen) atoms. The number of carbonyl (C=O) groups is 2. The molecule has 0 N–H and O–H groups in total. The maximum Gasteiger partial charge on any atom is 0.309 e. The SMILES string of the molecule is CC(C)[C@@H](Cc1ccccc1)[C@H](C)OC(=O)[C@H](C)CC(=O)OC(C)(C)C. The summed E-state index contributed by atoms with van der Waals surface area (Å²) in [6, 6.07) is 10.2. The highest BCUT2D eigenvalue weighted by atomic mass is 16.6. The van der Waals surface area contributed by atoms with Crippen LogP contribution in [0.2, 0.25) is 0 Å². The lowest BCUT2D eigenvalue weighted by molar-refractivity contribution is -0.164. The van der Waals surface area contributed by atoms with E-state index >= 15 is 0 Å². The van der Waals surface area contributed by atoms with Crippen LogP contribution in [-0.2, 0) is 25.5 Å². The van der Waals surface area contributed by atoms with Crippen molar-refractivity contribution in [2.75, 3.05) is 0 Å². The van der Waals surface area contributed by atoms with E-state index in [1.165, 1.54) is 5.56 Å². The fraction of sp³-hybridized carbons (Fsp3) is 0.636. The highest BCUT2D eigenvalue weighted by molar-refractivity contribution is 5.79. The molecular weight excluding hydrogens is 328 g/mol. The maximum absolute atomic E-state index is 12.4. The van der Waals surface area contributed by atoms with Gasteiger partial charge in [-0.15, -0.1) is 0 Å². The monoisotopic (exact) mass is 362 g/mol. The average Bonchev–Trinajstić information content (AvgIpc) is 2.51. The van der Waals surface area contributed by atoms with Gasteiger partial charge >= 0.3 is 11.9 Å². The number of hydrogen-bond acceptors (Lipinski definition) is 4. The summed E-state index contributed by atoms with van der Waals surface area (Å²) in [4.78, 5) is 24.3. The van der Waals surface area contributed by atoms with E-state index in [4.69, 9.17) is 9.47 Å². The Hall–Kier alpha value is -1.84. The zero-order chi connectivity index (χ0) is 19.9. The molecule has 0 aromatic heterocycles. The smallest absolute Gasteiger partial charge is 0.309 e. The molecule has 4 heteroatoms. The van der Waals surface area contributed by atoms with Crippen LogP contribution in [0.3, 0.4) is 0 Å². The average molecular weight is 363 g/mol. The fourth-order valence-electron chi connectivity index (χ4n) is 2.93.